The highest BCUT2D eigenvalue weighted by Gasteiger charge is 2.12. The van der Waals surface area contributed by atoms with E-state index in [1.807, 2.05) is 30.3 Å². The lowest BCUT2D eigenvalue weighted by atomic mass is 10.2. The average Bonchev–Trinajstić information content (AvgIpc) is 2.42. The van der Waals surface area contributed by atoms with Gasteiger partial charge >= 0.3 is 6.03 Å². The van der Waals surface area contributed by atoms with Crippen molar-refractivity contribution in [3.05, 3.63) is 35.9 Å². The van der Waals surface area contributed by atoms with Crippen LogP contribution in [-0.4, -0.2) is 37.0 Å². The first kappa shape index (κ1) is 15.2. The summed E-state index contributed by atoms with van der Waals surface area (Å²) >= 11 is 0. The van der Waals surface area contributed by atoms with E-state index in [0.717, 1.165) is 5.56 Å². The Kier molecular flexibility index (Phi) is 6.60. The Hall–Kier alpha value is -1.88. The van der Waals surface area contributed by atoms with Gasteiger partial charge in [-0.15, -0.1) is 0 Å². The van der Waals surface area contributed by atoms with E-state index < -0.39 is 0 Å². The van der Waals surface area contributed by atoms with Gasteiger partial charge in [0.05, 0.1) is 6.61 Å². The minimum absolute atomic E-state index is 0.238. The highest BCUT2D eigenvalue weighted by atomic mass is 16.5. The number of rotatable bonds is 6. The number of benzene rings is 1. The van der Waals surface area contributed by atoms with E-state index >= 15 is 0 Å². The molecule has 5 nitrogen and oxygen atoms in total. The lowest BCUT2D eigenvalue weighted by Gasteiger charge is -2.20. The summed E-state index contributed by atoms with van der Waals surface area (Å²) in [4.78, 5) is 12.9. The van der Waals surface area contributed by atoms with Gasteiger partial charge in [-0.1, -0.05) is 30.3 Å². The summed E-state index contributed by atoms with van der Waals surface area (Å²) < 4.78 is 5.53. The number of hydrogen-bond donors (Lipinski definition) is 2. The largest absolute Gasteiger partial charge is 0.377 e. The summed E-state index contributed by atoms with van der Waals surface area (Å²) in [6.45, 7) is 3.23. The summed E-state index contributed by atoms with van der Waals surface area (Å²) in [7, 11) is 1.56. The minimum atomic E-state index is -0.254. The van der Waals surface area contributed by atoms with Crippen LogP contribution in [0.4, 0.5) is 4.79 Å². The van der Waals surface area contributed by atoms with Crippen LogP contribution in [0.2, 0.25) is 0 Å². The lowest BCUT2D eigenvalue weighted by molar-refractivity contribution is 0.115. The predicted octanol–water partition coefficient (Wildman–Crippen LogP) is 2.23. The first-order chi connectivity index (χ1) is 9.15. The van der Waals surface area contributed by atoms with E-state index in [2.05, 4.69) is 5.32 Å². The van der Waals surface area contributed by atoms with Gasteiger partial charge in [0.1, 0.15) is 5.84 Å². The zero-order chi connectivity index (χ0) is 14.1. The third-order valence-electron chi connectivity index (χ3n) is 2.65. The monoisotopic (exact) mass is 263 g/mol. The first-order valence-corrected chi connectivity index (χ1v) is 6.31. The molecule has 19 heavy (non-hydrogen) atoms. The van der Waals surface area contributed by atoms with Crippen molar-refractivity contribution >= 4 is 11.9 Å². The summed E-state index contributed by atoms with van der Waals surface area (Å²) in [6.07, 6.45) is 0.705. The molecule has 0 aliphatic heterocycles. The molecular formula is C14H21N3O2. The van der Waals surface area contributed by atoms with Crippen molar-refractivity contribution in [3.8, 4) is 0 Å². The van der Waals surface area contributed by atoms with E-state index in [9.17, 15) is 4.79 Å². The molecular weight excluding hydrogens is 242 g/mol. The van der Waals surface area contributed by atoms with Crippen molar-refractivity contribution in [3.63, 3.8) is 0 Å². The number of nitrogens with zero attached hydrogens (tertiary/aromatic N) is 1. The normalized spacial score (nSPS) is 10.0. The number of hydrogen-bond acceptors (Lipinski definition) is 3. The maximum Gasteiger partial charge on any atom is 0.322 e. The van der Waals surface area contributed by atoms with Crippen LogP contribution in [0, 0.1) is 5.41 Å². The van der Waals surface area contributed by atoms with Crippen LogP contribution in [0.25, 0.3) is 0 Å². The van der Waals surface area contributed by atoms with Crippen LogP contribution in [0.5, 0.6) is 0 Å². The van der Waals surface area contributed by atoms with Crippen molar-refractivity contribution in [2.45, 2.75) is 20.0 Å². The molecule has 0 atom stereocenters. The van der Waals surface area contributed by atoms with E-state index in [1.54, 1.807) is 14.0 Å². The Morgan fingerprint density at radius 3 is 2.63 bits per heavy atom. The van der Waals surface area contributed by atoms with Crippen molar-refractivity contribution < 1.29 is 9.53 Å². The molecule has 0 fully saturated rings. The van der Waals surface area contributed by atoms with E-state index in [1.165, 1.54) is 4.90 Å². The highest BCUT2D eigenvalue weighted by molar-refractivity contribution is 5.94. The zero-order valence-corrected chi connectivity index (χ0v) is 11.5. The number of carbonyl (C=O) groups excluding carboxylic acids is 1. The molecule has 0 radical (unpaired) electrons. The summed E-state index contributed by atoms with van der Waals surface area (Å²) in [5, 5.41) is 10.0. The van der Waals surface area contributed by atoms with Crippen molar-refractivity contribution in [1.82, 2.24) is 10.2 Å². The number of carbonyl (C=O) groups is 1. The Labute approximate surface area is 114 Å². The van der Waals surface area contributed by atoms with Gasteiger partial charge in [-0.3, -0.25) is 10.3 Å². The summed E-state index contributed by atoms with van der Waals surface area (Å²) in [6, 6.07) is 9.69. The number of amides is 2. The molecule has 0 unspecified atom stereocenters. The van der Waals surface area contributed by atoms with Crippen molar-refractivity contribution in [1.29, 1.82) is 5.41 Å². The standard InChI is InChI=1S/C14H21N3O2/c1-12(15)17(14(18)16-2)9-6-10-19-11-13-7-4-3-5-8-13/h3-5,7-8,15H,6,9-11H2,1-2H3,(H,16,18). The Morgan fingerprint density at radius 2 is 2.05 bits per heavy atom. The highest BCUT2D eigenvalue weighted by Crippen LogP contribution is 2.01. The molecule has 104 valence electrons. The van der Waals surface area contributed by atoms with Crippen LogP contribution in [-0.2, 0) is 11.3 Å². The maximum atomic E-state index is 11.5. The molecule has 2 amide bonds. The van der Waals surface area contributed by atoms with Gasteiger partial charge in [0.25, 0.3) is 0 Å². The molecule has 0 aromatic heterocycles. The number of urea groups is 1. The topological polar surface area (TPSA) is 65.4 Å². The molecule has 1 aromatic carbocycles. The molecule has 0 heterocycles. The fourth-order valence-corrected chi connectivity index (χ4v) is 1.65. The molecule has 5 heteroatoms. The third-order valence-corrected chi connectivity index (χ3v) is 2.65. The second-order valence-corrected chi connectivity index (χ2v) is 4.18. The maximum absolute atomic E-state index is 11.5. The van der Waals surface area contributed by atoms with Crippen LogP contribution >= 0.6 is 0 Å². The van der Waals surface area contributed by atoms with Gasteiger partial charge in [0, 0.05) is 20.2 Å². The number of ether oxygens (including phenoxy) is 1. The number of nitrogens with one attached hydrogen (secondary N) is 2. The molecule has 0 aliphatic rings. The summed E-state index contributed by atoms with van der Waals surface area (Å²) in [5.74, 6) is 0.238. The van der Waals surface area contributed by atoms with Crippen molar-refractivity contribution in [2.75, 3.05) is 20.2 Å². The van der Waals surface area contributed by atoms with Crippen LogP contribution < -0.4 is 5.32 Å². The quantitative estimate of drug-likeness (QED) is 0.469. The molecule has 0 spiro atoms. The van der Waals surface area contributed by atoms with Gasteiger partial charge in [0.2, 0.25) is 0 Å². The predicted molar refractivity (Wildman–Crippen MR) is 75.3 cm³/mol. The zero-order valence-electron chi connectivity index (χ0n) is 11.5. The van der Waals surface area contributed by atoms with Gasteiger partial charge in [-0.05, 0) is 18.9 Å². The first-order valence-electron chi connectivity index (χ1n) is 6.31. The molecule has 1 aromatic rings. The van der Waals surface area contributed by atoms with E-state index in [0.29, 0.717) is 26.2 Å². The smallest absolute Gasteiger partial charge is 0.322 e. The third kappa shape index (κ3) is 5.52. The molecule has 0 saturated carbocycles. The van der Waals surface area contributed by atoms with Gasteiger partial charge in [0.15, 0.2) is 0 Å². The van der Waals surface area contributed by atoms with Gasteiger partial charge < -0.3 is 10.1 Å². The van der Waals surface area contributed by atoms with Gasteiger partial charge in [-0.2, -0.15) is 0 Å². The average molecular weight is 263 g/mol. The Bertz CT molecular complexity index is 406. The summed E-state index contributed by atoms with van der Waals surface area (Å²) in [5.41, 5.74) is 1.13. The molecule has 0 saturated heterocycles. The SMILES string of the molecule is CNC(=O)N(CCCOCc1ccccc1)C(C)=N. The Morgan fingerprint density at radius 1 is 1.37 bits per heavy atom. The van der Waals surface area contributed by atoms with E-state index in [4.69, 9.17) is 10.1 Å². The Balaban J connectivity index is 2.22. The van der Waals surface area contributed by atoms with Crippen LogP contribution in [0.15, 0.2) is 30.3 Å². The fourth-order valence-electron chi connectivity index (χ4n) is 1.65. The van der Waals surface area contributed by atoms with E-state index in [-0.39, 0.29) is 11.9 Å². The molecule has 1 rings (SSSR count). The molecule has 0 aliphatic carbocycles. The molecule has 2 N–H and O–H groups in total. The fraction of sp³-hybridized carbons (Fsp3) is 0.429. The van der Waals surface area contributed by atoms with Crippen LogP contribution in [0.1, 0.15) is 18.9 Å². The number of amidine groups is 1. The lowest BCUT2D eigenvalue weighted by Crippen LogP contribution is -2.41. The molecule has 0 bridgehead atoms. The van der Waals surface area contributed by atoms with Crippen molar-refractivity contribution in [2.24, 2.45) is 0 Å². The minimum Gasteiger partial charge on any atom is -0.377 e. The van der Waals surface area contributed by atoms with Crippen LogP contribution in [0.3, 0.4) is 0 Å². The second kappa shape index (κ2) is 8.26. The van der Waals surface area contributed by atoms with Gasteiger partial charge in [-0.25, -0.2) is 4.79 Å². The second-order valence-electron chi connectivity index (χ2n) is 4.18.